The average molecular weight is 271 g/mol. The van der Waals surface area contributed by atoms with Gasteiger partial charge in [0, 0.05) is 18.3 Å². The quantitative estimate of drug-likeness (QED) is 0.801. The van der Waals surface area contributed by atoms with E-state index in [1.165, 1.54) is 10.6 Å². The number of hydrogen-bond donors (Lipinski definition) is 1. The zero-order valence-corrected chi connectivity index (χ0v) is 11.1. The second-order valence-corrected chi connectivity index (χ2v) is 4.82. The van der Waals surface area contributed by atoms with Gasteiger partial charge in [0.25, 0.3) is 5.56 Å². The first kappa shape index (κ1) is 12.5. The Hall–Kier alpha value is -2.56. The third-order valence-corrected chi connectivity index (χ3v) is 3.64. The van der Waals surface area contributed by atoms with Gasteiger partial charge in [-0.2, -0.15) is 0 Å². The van der Waals surface area contributed by atoms with E-state index in [2.05, 4.69) is 0 Å². The Labute approximate surface area is 115 Å². The van der Waals surface area contributed by atoms with Gasteiger partial charge in [0.1, 0.15) is 11.3 Å². The number of aryl methyl sites for hydroxylation is 1. The van der Waals surface area contributed by atoms with Crippen molar-refractivity contribution in [2.75, 3.05) is 0 Å². The lowest BCUT2D eigenvalue weighted by molar-refractivity contribution is 0.0450. The van der Waals surface area contributed by atoms with E-state index in [1.54, 1.807) is 38.2 Å². The Morgan fingerprint density at radius 1 is 1.25 bits per heavy atom. The third kappa shape index (κ3) is 1.63. The summed E-state index contributed by atoms with van der Waals surface area (Å²) in [7, 11) is 1.61. The molecular formula is C15H13NO4. The summed E-state index contributed by atoms with van der Waals surface area (Å²) in [6.07, 6.45) is -0.849. The van der Waals surface area contributed by atoms with Gasteiger partial charge in [-0.1, -0.05) is 18.2 Å². The van der Waals surface area contributed by atoms with Gasteiger partial charge >= 0.3 is 5.97 Å². The molecule has 1 aromatic heterocycles. The van der Waals surface area contributed by atoms with Crippen LogP contribution in [0.25, 0.3) is 0 Å². The summed E-state index contributed by atoms with van der Waals surface area (Å²) in [5.74, 6) is -0.632. The highest BCUT2D eigenvalue weighted by molar-refractivity contribution is 5.94. The lowest BCUT2D eigenvalue weighted by Crippen LogP contribution is -2.25. The summed E-state index contributed by atoms with van der Waals surface area (Å²) in [6, 6.07) is 8.36. The largest absolute Gasteiger partial charge is 0.507 e. The molecular weight excluding hydrogens is 258 g/mol. The lowest BCUT2D eigenvalue weighted by Gasteiger charge is -2.14. The van der Waals surface area contributed by atoms with Crippen molar-refractivity contribution in [3.63, 3.8) is 0 Å². The highest BCUT2D eigenvalue weighted by Crippen LogP contribution is 2.37. The Morgan fingerprint density at radius 2 is 1.95 bits per heavy atom. The maximum atomic E-state index is 12.3. The van der Waals surface area contributed by atoms with E-state index in [0.717, 1.165) is 0 Å². The van der Waals surface area contributed by atoms with Crippen molar-refractivity contribution in [1.82, 2.24) is 4.57 Å². The maximum absolute atomic E-state index is 12.3. The van der Waals surface area contributed by atoms with Crippen LogP contribution < -0.4 is 5.56 Å². The molecule has 0 bridgehead atoms. The fraction of sp³-hybridized carbons (Fsp3) is 0.200. The predicted molar refractivity (Wildman–Crippen MR) is 71.8 cm³/mol. The van der Waals surface area contributed by atoms with Crippen LogP contribution in [0.3, 0.4) is 0 Å². The topological polar surface area (TPSA) is 68.5 Å². The summed E-state index contributed by atoms with van der Waals surface area (Å²) < 4.78 is 6.68. The minimum absolute atomic E-state index is 0.0939. The number of cyclic esters (lactones) is 1. The molecule has 5 nitrogen and oxygen atoms in total. The van der Waals surface area contributed by atoms with Crippen LogP contribution >= 0.6 is 0 Å². The zero-order valence-electron chi connectivity index (χ0n) is 11.1. The number of nitrogens with zero attached hydrogens (tertiary/aromatic N) is 1. The molecule has 0 radical (unpaired) electrons. The van der Waals surface area contributed by atoms with Gasteiger partial charge in [0.2, 0.25) is 0 Å². The van der Waals surface area contributed by atoms with Crippen molar-refractivity contribution in [1.29, 1.82) is 0 Å². The zero-order chi connectivity index (χ0) is 14.4. The highest BCUT2D eigenvalue weighted by Gasteiger charge is 2.35. The van der Waals surface area contributed by atoms with Crippen molar-refractivity contribution in [2.45, 2.75) is 13.0 Å². The Morgan fingerprint density at radius 3 is 2.70 bits per heavy atom. The Bertz CT molecular complexity index is 776. The normalized spacial score (nSPS) is 16.9. The minimum atomic E-state index is -0.849. The van der Waals surface area contributed by atoms with Crippen molar-refractivity contribution in [2.24, 2.45) is 7.05 Å². The van der Waals surface area contributed by atoms with Crippen LogP contribution in [0.2, 0.25) is 0 Å². The van der Waals surface area contributed by atoms with E-state index in [9.17, 15) is 14.7 Å². The number of pyridine rings is 1. The first-order valence-electron chi connectivity index (χ1n) is 6.20. The van der Waals surface area contributed by atoms with Crippen molar-refractivity contribution in [3.8, 4) is 5.75 Å². The summed E-state index contributed by atoms with van der Waals surface area (Å²) in [5, 5.41) is 10.1. The minimum Gasteiger partial charge on any atom is -0.507 e. The standard InChI is InChI=1S/C15H13NO4/c1-8-7-11(17)12(14(18)16(8)2)13-9-5-3-4-6-10(9)15(19)20-13/h3-7,13,17H,1-2H3/t13-/m1/s1. The molecule has 5 heteroatoms. The molecule has 20 heavy (non-hydrogen) atoms. The monoisotopic (exact) mass is 271 g/mol. The van der Waals surface area contributed by atoms with E-state index in [-0.39, 0.29) is 16.9 Å². The van der Waals surface area contributed by atoms with Crippen molar-refractivity contribution < 1.29 is 14.6 Å². The van der Waals surface area contributed by atoms with E-state index in [1.807, 2.05) is 0 Å². The molecule has 0 fully saturated rings. The van der Waals surface area contributed by atoms with E-state index in [4.69, 9.17) is 4.74 Å². The molecule has 2 aromatic rings. The molecule has 0 unspecified atom stereocenters. The number of benzene rings is 1. The summed E-state index contributed by atoms with van der Waals surface area (Å²) in [5.41, 5.74) is 1.40. The molecule has 2 heterocycles. The van der Waals surface area contributed by atoms with Crippen LogP contribution in [0, 0.1) is 6.92 Å². The number of aromatic hydroxyl groups is 1. The van der Waals surface area contributed by atoms with Crippen LogP contribution in [-0.2, 0) is 11.8 Å². The average Bonchev–Trinajstić information content (AvgIpc) is 2.75. The van der Waals surface area contributed by atoms with Crippen LogP contribution in [0.5, 0.6) is 5.75 Å². The molecule has 0 spiro atoms. The Balaban J connectivity index is 2.25. The molecule has 1 aliphatic rings. The molecule has 0 saturated heterocycles. The summed E-state index contributed by atoms with van der Waals surface area (Å²) in [4.78, 5) is 24.1. The molecule has 0 saturated carbocycles. The SMILES string of the molecule is Cc1cc(O)c([C@@H]2OC(=O)c3ccccc32)c(=O)n1C. The van der Waals surface area contributed by atoms with E-state index < -0.39 is 12.1 Å². The van der Waals surface area contributed by atoms with Crippen molar-refractivity contribution >= 4 is 5.97 Å². The van der Waals surface area contributed by atoms with Crippen molar-refractivity contribution in [3.05, 3.63) is 63.1 Å². The third-order valence-electron chi connectivity index (χ3n) is 3.64. The maximum Gasteiger partial charge on any atom is 0.339 e. The fourth-order valence-electron chi connectivity index (χ4n) is 2.43. The second-order valence-electron chi connectivity index (χ2n) is 4.82. The van der Waals surface area contributed by atoms with Crippen LogP contribution in [0.4, 0.5) is 0 Å². The summed E-state index contributed by atoms with van der Waals surface area (Å²) >= 11 is 0. The summed E-state index contributed by atoms with van der Waals surface area (Å²) in [6.45, 7) is 1.72. The van der Waals surface area contributed by atoms with Gasteiger partial charge in [-0.25, -0.2) is 4.79 Å². The number of hydrogen-bond acceptors (Lipinski definition) is 4. The predicted octanol–water partition coefficient (Wildman–Crippen LogP) is 1.66. The molecule has 0 aliphatic carbocycles. The van der Waals surface area contributed by atoms with E-state index in [0.29, 0.717) is 16.8 Å². The van der Waals surface area contributed by atoms with Gasteiger partial charge in [-0.05, 0) is 19.1 Å². The number of carbonyl (C=O) groups is 1. The van der Waals surface area contributed by atoms with Crippen LogP contribution in [-0.4, -0.2) is 15.6 Å². The first-order valence-corrected chi connectivity index (χ1v) is 6.20. The van der Waals surface area contributed by atoms with Gasteiger partial charge in [-0.3, -0.25) is 4.79 Å². The molecule has 1 aliphatic heterocycles. The molecule has 1 N–H and O–H groups in total. The first-order chi connectivity index (χ1) is 9.50. The smallest absolute Gasteiger partial charge is 0.339 e. The number of ether oxygens (including phenoxy) is 1. The molecule has 0 amide bonds. The lowest BCUT2D eigenvalue weighted by atomic mass is 9.99. The highest BCUT2D eigenvalue weighted by atomic mass is 16.5. The number of rotatable bonds is 1. The van der Waals surface area contributed by atoms with E-state index >= 15 is 0 Å². The van der Waals surface area contributed by atoms with Gasteiger partial charge < -0.3 is 14.4 Å². The van der Waals surface area contributed by atoms with Crippen LogP contribution in [0.1, 0.15) is 33.3 Å². The van der Waals surface area contributed by atoms with Crippen LogP contribution in [0.15, 0.2) is 35.1 Å². The molecule has 3 rings (SSSR count). The molecule has 1 aromatic carbocycles. The molecule has 1 atom stereocenters. The fourth-order valence-corrected chi connectivity index (χ4v) is 2.43. The number of carbonyl (C=O) groups excluding carboxylic acids is 1. The number of esters is 1. The number of aromatic nitrogens is 1. The Kier molecular flexibility index (Phi) is 2.64. The van der Waals surface area contributed by atoms with Gasteiger partial charge in [0.15, 0.2) is 6.10 Å². The van der Waals surface area contributed by atoms with Gasteiger partial charge in [-0.15, -0.1) is 0 Å². The number of fused-ring (bicyclic) bond motifs is 1. The van der Waals surface area contributed by atoms with Gasteiger partial charge in [0.05, 0.1) is 5.56 Å². The second kappa shape index (κ2) is 4.23. The molecule has 102 valence electrons.